The Morgan fingerprint density at radius 1 is 1.22 bits per heavy atom. The zero-order chi connectivity index (χ0) is 12.8. The summed E-state index contributed by atoms with van der Waals surface area (Å²) in [4.78, 5) is 0. The highest BCUT2D eigenvalue weighted by molar-refractivity contribution is 7.50. The molecule has 0 bridgehead atoms. The SMILES string of the molecule is C[Si](Cl)(Cl)c1ccc2c(c1)COC1(CCCC1)O2. The van der Waals surface area contributed by atoms with E-state index in [1.165, 1.54) is 12.8 Å². The number of ether oxygens (including phenoxy) is 2. The van der Waals surface area contributed by atoms with Gasteiger partial charge in [0.25, 0.3) is 6.69 Å². The standard InChI is InChI=1S/C13H16Cl2O2Si/c1-18(14,15)11-4-5-12-10(8-11)9-16-13(17-12)6-2-3-7-13/h4-5,8H,2-3,6-7,9H2,1H3. The summed E-state index contributed by atoms with van der Waals surface area (Å²) in [7, 11) is 0. The van der Waals surface area contributed by atoms with E-state index in [2.05, 4.69) is 0 Å². The number of hydrogen-bond donors (Lipinski definition) is 0. The average Bonchev–Trinajstić information content (AvgIpc) is 2.75. The van der Waals surface area contributed by atoms with Gasteiger partial charge in [-0.3, -0.25) is 0 Å². The molecule has 5 heteroatoms. The van der Waals surface area contributed by atoms with Gasteiger partial charge in [0.05, 0.1) is 6.61 Å². The van der Waals surface area contributed by atoms with E-state index in [0.717, 1.165) is 29.3 Å². The molecule has 0 atom stereocenters. The summed E-state index contributed by atoms with van der Waals surface area (Å²) < 4.78 is 12.0. The molecule has 0 radical (unpaired) electrons. The topological polar surface area (TPSA) is 18.5 Å². The lowest BCUT2D eigenvalue weighted by Gasteiger charge is -2.35. The number of halogens is 2. The van der Waals surface area contributed by atoms with Gasteiger partial charge in [0.15, 0.2) is 0 Å². The lowest BCUT2D eigenvalue weighted by molar-refractivity contribution is -0.200. The highest BCUT2D eigenvalue weighted by atomic mass is 35.7. The second kappa shape index (κ2) is 4.41. The first-order valence-electron chi connectivity index (χ1n) is 6.33. The number of benzene rings is 1. The maximum Gasteiger partial charge on any atom is 0.277 e. The fraction of sp³-hybridized carbons (Fsp3) is 0.538. The smallest absolute Gasteiger partial charge is 0.277 e. The van der Waals surface area contributed by atoms with Crippen molar-refractivity contribution >= 4 is 34.0 Å². The Morgan fingerprint density at radius 2 is 1.94 bits per heavy atom. The van der Waals surface area contributed by atoms with Gasteiger partial charge < -0.3 is 9.47 Å². The van der Waals surface area contributed by atoms with Gasteiger partial charge in [0, 0.05) is 18.4 Å². The van der Waals surface area contributed by atoms with Gasteiger partial charge in [-0.1, -0.05) is 12.1 Å². The van der Waals surface area contributed by atoms with Crippen molar-refractivity contribution in [3.05, 3.63) is 23.8 Å². The number of hydrogen-bond acceptors (Lipinski definition) is 2. The van der Waals surface area contributed by atoms with Crippen LogP contribution in [0.5, 0.6) is 5.75 Å². The molecule has 0 unspecified atom stereocenters. The van der Waals surface area contributed by atoms with E-state index < -0.39 is 6.69 Å². The molecular formula is C13H16Cl2O2Si. The molecule has 1 saturated carbocycles. The average molecular weight is 303 g/mol. The third-order valence-electron chi connectivity index (χ3n) is 3.72. The van der Waals surface area contributed by atoms with Gasteiger partial charge in [-0.2, -0.15) is 0 Å². The first-order valence-corrected chi connectivity index (χ1v) is 10.9. The highest BCUT2D eigenvalue weighted by Gasteiger charge is 2.40. The van der Waals surface area contributed by atoms with Crippen LogP contribution in [-0.2, 0) is 11.3 Å². The summed E-state index contributed by atoms with van der Waals surface area (Å²) in [6.45, 7) is 0.203. The van der Waals surface area contributed by atoms with Crippen LogP contribution in [-0.4, -0.2) is 12.5 Å². The molecule has 0 N–H and O–H groups in total. The largest absolute Gasteiger partial charge is 0.462 e. The summed E-state index contributed by atoms with van der Waals surface area (Å²) in [5.74, 6) is 0.565. The van der Waals surface area contributed by atoms with Gasteiger partial charge in [-0.15, -0.1) is 22.2 Å². The van der Waals surface area contributed by atoms with Crippen molar-refractivity contribution in [2.24, 2.45) is 0 Å². The molecule has 1 aromatic carbocycles. The fourth-order valence-electron chi connectivity index (χ4n) is 2.66. The first-order chi connectivity index (χ1) is 8.49. The van der Waals surface area contributed by atoms with Crippen molar-refractivity contribution in [2.45, 2.75) is 44.6 Å². The van der Waals surface area contributed by atoms with Crippen molar-refractivity contribution < 1.29 is 9.47 Å². The van der Waals surface area contributed by atoms with Crippen LogP contribution in [0.15, 0.2) is 18.2 Å². The van der Waals surface area contributed by atoms with E-state index in [1.807, 2.05) is 24.7 Å². The molecule has 0 aromatic heterocycles. The summed E-state index contributed by atoms with van der Waals surface area (Å²) in [5.41, 5.74) is 1.06. The molecule has 1 heterocycles. The van der Waals surface area contributed by atoms with Crippen LogP contribution in [0.4, 0.5) is 0 Å². The molecule has 1 fully saturated rings. The van der Waals surface area contributed by atoms with Gasteiger partial charge in [-0.25, -0.2) is 0 Å². The van der Waals surface area contributed by atoms with E-state index >= 15 is 0 Å². The Kier molecular flexibility index (Phi) is 3.13. The molecule has 2 aliphatic rings. The van der Waals surface area contributed by atoms with Gasteiger partial charge in [-0.05, 0) is 30.6 Å². The van der Waals surface area contributed by atoms with Crippen LogP contribution in [0.3, 0.4) is 0 Å². The van der Waals surface area contributed by atoms with Crippen molar-refractivity contribution in [3.8, 4) is 5.75 Å². The van der Waals surface area contributed by atoms with Gasteiger partial charge >= 0.3 is 0 Å². The fourth-order valence-corrected chi connectivity index (χ4v) is 4.17. The van der Waals surface area contributed by atoms with E-state index in [0.29, 0.717) is 6.61 Å². The van der Waals surface area contributed by atoms with E-state index in [9.17, 15) is 0 Å². The van der Waals surface area contributed by atoms with Crippen molar-refractivity contribution in [3.63, 3.8) is 0 Å². The maximum atomic E-state index is 6.24. The normalized spacial score (nSPS) is 21.7. The Hall–Kier alpha value is -0.223. The molecule has 1 spiro atoms. The molecule has 1 aliphatic heterocycles. The van der Waals surface area contributed by atoms with Crippen LogP contribution in [0.2, 0.25) is 6.55 Å². The Morgan fingerprint density at radius 3 is 2.61 bits per heavy atom. The zero-order valence-corrected chi connectivity index (χ0v) is 12.9. The Bertz CT molecular complexity index is 465. The van der Waals surface area contributed by atoms with Crippen LogP contribution >= 0.6 is 22.2 Å². The molecule has 3 rings (SSSR count). The van der Waals surface area contributed by atoms with Crippen LogP contribution in [0.25, 0.3) is 0 Å². The summed E-state index contributed by atoms with van der Waals surface area (Å²) in [6, 6.07) is 6.01. The molecule has 1 aromatic rings. The second-order valence-corrected chi connectivity index (χ2v) is 12.7. The van der Waals surface area contributed by atoms with Crippen LogP contribution < -0.4 is 9.92 Å². The number of rotatable bonds is 1. The van der Waals surface area contributed by atoms with E-state index in [-0.39, 0.29) is 5.79 Å². The third-order valence-corrected chi connectivity index (χ3v) is 6.35. The molecule has 18 heavy (non-hydrogen) atoms. The minimum Gasteiger partial charge on any atom is -0.462 e. The van der Waals surface area contributed by atoms with Gasteiger partial charge in [0.1, 0.15) is 5.75 Å². The Balaban J connectivity index is 1.90. The lowest BCUT2D eigenvalue weighted by atomic mass is 10.1. The predicted octanol–water partition coefficient (Wildman–Crippen LogP) is 3.62. The molecule has 0 saturated heterocycles. The van der Waals surface area contributed by atoms with Crippen LogP contribution in [0, 0.1) is 0 Å². The van der Waals surface area contributed by atoms with Crippen molar-refractivity contribution in [2.75, 3.05) is 0 Å². The molecule has 0 amide bonds. The number of fused-ring (bicyclic) bond motifs is 1. The summed E-state index contributed by atoms with van der Waals surface area (Å²) >= 11 is 12.5. The molecule has 98 valence electrons. The summed E-state index contributed by atoms with van der Waals surface area (Å²) in [5, 5.41) is 1.01. The van der Waals surface area contributed by atoms with Crippen LogP contribution in [0.1, 0.15) is 31.2 Å². The van der Waals surface area contributed by atoms with Crippen molar-refractivity contribution in [1.29, 1.82) is 0 Å². The summed E-state index contributed by atoms with van der Waals surface area (Å²) in [6.07, 6.45) is 4.35. The second-order valence-electron chi connectivity index (χ2n) is 5.22. The van der Waals surface area contributed by atoms with E-state index in [4.69, 9.17) is 31.6 Å². The quantitative estimate of drug-likeness (QED) is 0.583. The first kappa shape index (κ1) is 12.8. The van der Waals surface area contributed by atoms with Crippen molar-refractivity contribution in [1.82, 2.24) is 0 Å². The molecule has 2 nitrogen and oxygen atoms in total. The molecular weight excluding hydrogens is 287 g/mol. The lowest BCUT2D eigenvalue weighted by Crippen LogP contribution is -2.40. The minimum atomic E-state index is -2.30. The minimum absolute atomic E-state index is 0.364. The van der Waals surface area contributed by atoms with Gasteiger partial charge in [0.2, 0.25) is 5.79 Å². The zero-order valence-electron chi connectivity index (χ0n) is 10.3. The highest BCUT2D eigenvalue weighted by Crippen LogP contribution is 2.41. The maximum absolute atomic E-state index is 6.24. The molecule has 1 aliphatic carbocycles. The predicted molar refractivity (Wildman–Crippen MR) is 76.0 cm³/mol. The van der Waals surface area contributed by atoms with E-state index in [1.54, 1.807) is 0 Å². The Labute approximate surface area is 118 Å². The third kappa shape index (κ3) is 2.29. The monoisotopic (exact) mass is 302 g/mol.